The van der Waals surface area contributed by atoms with Crippen molar-refractivity contribution in [3.05, 3.63) is 17.0 Å². The van der Waals surface area contributed by atoms with Gasteiger partial charge in [-0.25, -0.2) is 0 Å². The number of aryl methyl sites for hydroxylation is 1. The van der Waals surface area contributed by atoms with E-state index in [1.54, 1.807) is 0 Å². The number of aliphatic hydroxyl groups is 1. The van der Waals surface area contributed by atoms with Crippen molar-refractivity contribution in [2.75, 3.05) is 13.6 Å². The summed E-state index contributed by atoms with van der Waals surface area (Å²) < 4.78 is 36.8. The van der Waals surface area contributed by atoms with E-state index in [4.69, 9.17) is 5.11 Å². The van der Waals surface area contributed by atoms with Gasteiger partial charge in [0.1, 0.15) is 0 Å². The molecule has 1 aliphatic carbocycles. The van der Waals surface area contributed by atoms with Gasteiger partial charge in [-0.2, -0.15) is 18.3 Å². The second-order valence-corrected chi connectivity index (χ2v) is 4.98. The first-order valence-corrected chi connectivity index (χ1v) is 6.37. The smallest absolute Gasteiger partial charge is 0.382 e. The highest BCUT2D eigenvalue weighted by atomic mass is 19.4. The highest BCUT2D eigenvalue weighted by molar-refractivity contribution is 5.93. The fourth-order valence-electron chi connectivity index (χ4n) is 2.28. The van der Waals surface area contributed by atoms with Crippen molar-refractivity contribution in [2.45, 2.75) is 38.0 Å². The number of amides is 1. The fraction of sp³-hybridized carbons (Fsp3) is 0.667. The highest BCUT2D eigenvalue weighted by Crippen LogP contribution is 2.24. The Morgan fingerprint density at radius 1 is 1.45 bits per heavy atom. The van der Waals surface area contributed by atoms with Gasteiger partial charge < -0.3 is 10.0 Å². The van der Waals surface area contributed by atoms with Gasteiger partial charge in [-0.05, 0) is 25.7 Å². The molecule has 1 unspecified atom stereocenters. The summed E-state index contributed by atoms with van der Waals surface area (Å²) in [6.07, 6.45) is -3.86. The molecule has 1 aliphatic rings. The van der Waals surface area contributed by atoms with Gasteiger partial charge in [-0.1, -0.05) is 0 Å². The molecule has 5 nitrogen and oxygen atoms in total. The Hall–Kier alpha value is -1.57. The number of aromatic nitrogens is 2. The number of aromatic amines is 1. The van der Waals surface area contributed by atoms with Crippen LogP contribution in [0.2, 0.25) is 0 Å². The van der Waals surface area contributed by atoms with Crippen LogP contribution in [-0.4, -0.2) is 52.0 Å². The van der Waals surface area contributed by atoms with Crippen LogP contribution in [0.15, 0.2) is 0 Å². The Labute approximate surface area is 113 Å². The van der Waals surface area contributed by atoms with Crippen LogP contribution in [0.5, 0.6) is 0 Å². The van der Waals surface area contributed by atoms with Gasteiger partial charge in [0.05, 0.1) is 6.54 Å². The van der Waals surface area contributed by atoms with Crippen LogP contribution in [0, 0.1) is 0 Å². The van der Waals surface area contributed by atoms with Crippen LogP contribution in [-0.2, 0) is 12.8 Å². The third-order valence-electron chi connectivity index (χ3n) is 3.43. The molecule has 0 saturated carbocycles. The normalized spacial score (nSPS) is 16.6. The standard InChI is InChI=1S/C12H16F3N3O2/c1-18(6-9(19)12(13,14)15)11(20)10-7-4-2-3-5-8(7)16-17-10/h9,19H,2-6H2,1H3,(H,16,17). The van der Waals surface area contributed by atoms with Gasteiger partial charge in [0, 0.05) is 18.3 Å². The predicted octanol–water partition coefficient (Wildman–Crippen LogP) is 1.28. The van der Waals surface area contributed by atoms with Crippen LogP contribution in [0.4, 0.5) is 13.2 Å². The van der Waals surface area contributed by atoms with Gasteiger partial charge in [-0.15, -0.1) is 0 Å². The van der Waals surface area contributed by atoms with Crippen LogP contribution in [0.25, 0.3) is 0 Å². The molecule has 1 atom stereocenters. The lowest BCUT2D eigenvalue weighted by atomic mass is 9.95. The lowest BCUT2D eigenvalue weighted by Crippen LogP contribution is -2.42. The van der Waals surface area contributed by atoms with Crippen LogP contribution >= 0.6 is 0 Å². The number of nitrogens with one attached hydrogen (secondary N) is 1. The SMILES string of the molecule is CN(CC(O)C(F)(F)F)C(=O)c1n[nH]c2c1CCCC2. The molecule has 8 heteroatoms. The first-order chi connectivity index (χ1) is 9.30. The molecule has 112 valence electrons. The molecule has 0 radical (unpaired) electrons. The van der Waals surface area contributed by atoms with Gasteiger partial charge in [-0.3, -0.25) is 9.89 Å². The van der Waals surface area contributed by atoms with Gasteiger partial charge in [0.25, 0.3) is 5.91 Å². The van der Waals surface area contributed by atoms with E-state index in [2.05, 4.69) is 10.2 Å². The average Bonchev–Trinajstić information content (AvgIpc) is 2.80. The Morgan fingerprint density at radius 3 is 2.75 bits per heavy atom. The Balaban J connectivity index is 2.09. The number of carbonyl (C=O) groups is 1. The van der Waals surface area contributed by atoms with Crippen LogP contribution in [0.1, 0.15) is 34.6 Å². The molecule has 0 fully saturated rings. The molecular formula is C12H16F3N3O2. The molecule has 0 spiro atoms. The summed E-state index contributed by atoms with van der Waals surface area (Å²) in [5, 5.41) is 15.7. The van der Waals surface area contributed by atoms with Crippen molar-refractivity contribution in [1.82, 2.24) is 15.1 Å². The minimum absolute atomic E-state index is 0.163. The van der Waals surface area contributed by atoms with E-state index in [-0.39, 0.29) is 5.69 Å². The maximum absolute atomic E-state index is 12.3. The number of alkyl halides is 3. The summed E-state index contributed by atoms with van der Waals surface area (Å²) in [4.78, 5) is 13.0. The molecule has 0 aromatic carbocycles. The maximum Gasteiger partial charge on any atom is 0.416 e. The summed E-state index contributed by atoms with van der Waals surface area (Å²) in [6.45, 7) is -0.802. The number of likely N-dealkylation sites (N-methyl/N-ethyl adjacent to an activating group) is 1. The second kappa shape index (κ2) is 5.43. The second-order valence-electron chi connectivity index (χ2n) is 4.98. The molecule has 2 N–H and O–H groups in total. The van der Waals surface area contributed by atoms with Crippen LogP contribution < -0.4 is 0 Å². The van der Waals surface area contributed by atoms with E-state index in [1.807, 2.05) is 0 Å². The zero-order valence-corrected chi connectivity index (χ0v) is 11.0. The minimum Gasteiger partial charge on any atom is -0.382 e. The zero-order valence-electron chi connectivity index (χ0n) is 11.0. The number of aliphatic hydroxyl groups excluding tert-OH is 1. The molecule has 0 aliphatic heterocycles. The summed E-state index contributed by atoms with van der Waals surface area (Å²) in [5.41, 5.74) is 1.83. The predicted molar refractivity (Wildman–Crippen MR) is 64.3 cm³/mol. The van der Waals surface area contributed by atoms with E-state index >= 15 is 0 Å². The third kappa shape index (κ3) is 2.95. The Kier molecular flexibility index (Phi) is 4.03. The van der Waals surface area contributed by atoms with E-state index in [9.17, 15) is 18.0 Å². The van der Waals surface area contributed by atoms with E-state index in [0.717, 1.165) is 35.4 Å². The number of fused-ring (bicyclic) bond motifs is 1. The van der Waals surface area contributed by atoms with E-state index in [0.29, 0.717) is 6.42 Å². The van der Waals surface area contributed by atoms with Gasteiger partial charge in [0.15, 0.2) is 11.8 Å². The van der Waals surface area contributed by atoms with E-state index in [1.165, 1.54) is 7.05 Å². The van der Waals surface area contributed by atoms with Crippen molar-refractivity contribution in [3.8, 4) is 0 Å². The molecule has 1 amide bonds. The molecule has 0 bridgehead atoms. The monoisotopic (exact) mass is 291 g/mol. The summed E-state index contributed by atoms with van der Waals surface area (Å²) >= 11 is 0. The number of carbonyl (C=O) groups excluding carboxylic acids is 1. The number of H-pyrrole nitrogens is 1. The largest absolute Gasteiger partial charge is 0.416 e. The molecule has 1 heterocycles. The number of nitrogens with zero attached hydrogens (tertiary/aromatic N) is 2. The lowest BCUT2D eigenvalue weighted by molar-refractivity contribution is -0.205. The van der Waals surface area contributed by atoms with Crippen molar-refractivity contribution >= 4 is 5.91 Å². The number of hydrogen-bond donors (Lipinski definition) is 2. The maximum atomic E-state index is 12.3. The topological polar surface area (TPSA) is 69.2 Å². The zero-order chi connectivity index (χ0) is 14.9. The molecule has 2 rings (SSSR count). The number of halogens is 3. The first kappa shape index (κ1) is 14.8. The Morgan fingerprint density at radius 2 is 2.10 bits per heavy atom. The van der Waals surface area contributed by atoms with Gasteiger partial charge >= 0.3 is 6.18 Å². The van der Waals surface area contributed by atoms with E-state index < -0.39 is 24.7 Å². The van der Waals surface area contributed by atoms with Crippen molar-refractivity contribution in [2.24, 2.45) is 0 Å². The average molecular weight is 291 g/mol. The summed E-state index contributed by atoms with van der Waals surface area (Å²) in [5.74, 6) is -0.604. The van der Waals surface area contributed by atoms with Crippen molar-refractivity contribution < 1.29 is 23.1 Å². The fourth-order valence-corrected chi connectivity index (χ4v) is 2.28. The highest BCUT2D eigenvalue weighted by Gasteiger charge is 2.39. The minimum atomic E-state index is -4.74. The summed E-state index contributed by atoms with van der Waals surface area (Å²) in [7, 11) is 1.22. The number of rotatable bonds is 3. The summed E-state index contributed by atoms with van der Waals surface area (Å²) in [6, 6.07) is 0. The lowest BCUT2D eigenvalue weighted by Gasteiger charge is -2.22. The third-order valence-corrected chi connectivity index (χ3v) is 3.43. The molecule has 20 heavy (non-hydrogen) atoms. The number of hydrogen-bond acceptors (Lipinski definition) is 3. The van der Waals surface area contributed by atoms with Crippen LogP contribution in [0.3, 0.4) is 0 Å². The van der Waals surface area contributed by atoms with Crippen molar-refractivity contribution in [3.63, 3.8) is 0 Å². The Bertz CT molecular complexity index is 499. The first-order valence-electron chi connectivity index (χ1n) is 6.37. The van der Waals surface area contributed by atoms with Crippen molar-refractivity contribution in [1.29, 1.82) is 0 Å². The van der Waals surface area contributed by atoms with Gasteiger partial charge in [0.2, 0.25) is 0 Å². The molecule has 0 saturated heterocycles. The molecule has 1 aromatic heterocycles. The quantitative estimate of drug-likeness (QED) is 0.881. The molecule has 1 aromatic rings. The molecular weight excluding hydrogens is 275 g/mol.